The van der Waals surface area contributed by atoms with E-state index >= 15 is 0 Å². The Morgan fingerprint density at radius 2 is 1.64 bits per heavy atom. The quantitative estimate of drug-likeness (QED) is 0.304. The zero-order valence-electron chi connectivity index (χ0n) is 21.0. The van der Waals surface area contributed by atoms with E-state index in [1.54, 1.807) is 5.19 Å². The Hall–Kier alpha value is -3.39. The molecule has 0 unspecified atom stereocenters. The van der Waals surface area contributed by atoms with Crippen LogP contribution in [0.2, 0.25) is 13.1 Å². The van der Waals surface area contributed by atoms with Gasteiger partial charge in [-0.1, -0.05) is 37.4 Å². The summed E-state index contributed by atoms with van der Waals surface area (Å²) in [7, 11) is 0.347. The first-order chi connectivity index (χ1) is 16.7. The fourth-order valence-electron chi connectivity index (χ4n) is 5.39. The number of carbonyl (C=O) groups excluding carboxylic acids is 1. The summed E-state index contributed by atoms with van der Waals surface area (Å²) in [5, 5.41) is 14.7. The molecule has 3 aromatic rings. The molecule has 5 rings (SSSR count). The monoisotopic (exact) mass is 510 g/mol. The maximum absolute atomic E-state index is 10.5. The molecule has 2 aliphatic heterocycles. The average Bonchev–Trinajstić information content (AvgIpc) is 3.15. The molecule has 2 N–H and O–H groups in total. The number of hydrogen-bond donors (Lipinski definition) is 1. The average molecular weight is 511 g/mol. The summed E-state index contributed by atoms with van der Waals surface area (Å²) in [6, 6.07) is 18.2. The van der Waals surface area contributed by atoms with Crippen LogP contribution < -0.4 is 36.4 Å². The summed E-state index contributed by atoms with van der Waals surface area (Å²) >= 11 is 0. The Labute approximate surface area is 209 Å². The number of fused-ring (bicyclic) bond motifs is 3. The number of nitrogen functional groups attached to an aromatic ring is 1. The van der Waals surface area contributed by atoms with Gasteiger partial charge in [-0.05, 0) is 75.5 Å². The largest absolute Gasteiger partial charge is 0.542 e. The van der Waals surface area contributed by atoms with E-state index in [1.165, 1.54) is 49.2 Å². The first-order valence-electron chi connectivity index (χ1n) is 11.7. The van der Waals surface area contributed by atoms with Gasteiger partial charge < -0.3 is 15.6 Å². The molecule has 0 atom stereocenters. The van der Waals surface area contributed by atoms with Crippen LogP contribution >= 0.6 is 0 Å². The van der Waals surface area contributed by atoms with Crippen LogP contribution in [0.5, 0.6) is 0 Å². The van der Waals surface area contributed by atoms with Gasteiger partial charge in [0.15, 0.2) is 0 Å². The summed E-state index contributed by atoms with van der Waals surface area (Å²) < 4.78 is 34.0. The Bertz CT molecular complexity index is 1500. The third-order valence-electron chi connectivity index (χ3n) is 7.24. The molecule has 0 radical (unpaired) electrons. The zero-order valence-corrected chi connectivity index (χ0v) is 22.0. The zero-order chi connectivity index (χ0) is 26.6. The maximum atomic E-state index is 10.5. The third-order valence-corrected chi connectivity index (χ3v) is 10.8. The molecule has 0 spiro atoms. The second-order valence-electron chi connectivity index (χ2n) is 10.1. The fourth-order valence-corrected chi connectivity index (χ4v) is 8.45. The molecule has 0 bridgehead atoms. The number of alkyl halides is 3. The van der Waals surface area contributed by atoms with Crippen molar-refractivity contribution in [3.8, 4) is 0 Å². The molecule has 4 nitrogen and oxygen atoms in total. The summed E-state index contributed by atoms with van der Waals surface area (Å²) in [4.78, 5) is 8.78. The molecule has 36 heavy (non-hydrogen) atoms. The van der Waals surface area contributed by atoms with Crippen molar-refractivity contribution >= 4 is 35.7 Å². The van der Waals surface area contributed by atoms with E-state index in [2.05, 4.69) is 87.1 Å². The van der Waals surface area contributed by atoms with Gasteiger partial charge in [0.05, 0.1) is 0 Å². The summed E-state index contributed by atoms with van der Waals surface area (Å²) in [6.45, 7) is 10.5. The number of aryl methyl sites for hydroxylation is 2. The highest BCUT2D eigenvalue weighted by Gasteiger charge is 2.37. The second-order valence-corrected chi connectivity index (χ2v) is 14.4. The van der Waals surface area contributed by atoms with E-state index in [0.717, 1.165) is 18.7 Å². The number of carbonyl (C=O) groups is 1. The van der Waals surface area contributed by atoms with Gasteiger partial charge in [-0.25, -0.2) is 4.58 Å². The highest BCUT2D eigenvalue weighted by atomic mass is 28.3. The van der Waals surface area contributed by atoms with E-state index in [9.17, 15) is 13.2 Å². The van der Waals surface area contributed by atoms with Gasteiger partial charge in [0.2, 0.25) is 5.36 Å². The highest BCUT2D eigenvalue weighted by molar-refractivity contribution is 7.01. The lowest BCUT2D eigenvalue weighted by atomic mass is 9.88. The van der Waals surface area contributed by atoms with E-state index in [4.69, 9.17) is 15.6 Å². The number of carboxylic acid groups (broad SMARTS) is 1. The van der Waals surface area contributed by atoms with E-state index in [1.807, 2.05) is 0 Å². The van der Waals surface area contributed by atoms with Crippen molar-refractivity contribution < 1.29 is 23.1 Å². The highest BCUT2D eigenvalue weighted by Crippen LogP contribution is 2.30. The third kappa shape index (κ3) is 4.34. The second kappa shape index (κ2) is 8.92. The summed E-state index contributed by atoms with van der Waals surface area (Å²) in [6.07, 6.45) is -4.06. The molecule has 0 fully saturated rings. The standard InChI is InChI=1S/C26H28N2Si.C2HF3O2/c1-16-7-6-8-17(2)25(16)26-20-10-9-19(27)14-23(20)29(4,5)24-15-22-18(13-21(24)26)11-12-28(22)3;3-2(4,5)1(6)7/h6-10,13-15,27H,11-12H2,1-5H3;(H,6,7). The minimum Gasteiger partial charge on any atom is -0.542 e. The lowest BCUT2D eigenvalue weighted by Gasteiger charge is -2.33. The topological polar surface area (TPSA) is 69.2 Å². The van der Waals surface area contributed by atoms with Gasteiger partial charge in [-0.15, -0.1) is 0 Å². The number of nitrogens with zero attached hydrogens (tertiary/aromatic N) is 1. The maximum Gasteiger partial charge on any atom is 0.430 e. The number of carboxylic acids is 1. The first-order valence-corrected chi connectivity index (χ1v) is 14.7. The summed E-state index contributed by atoms with van der Waals surface area (Å²) in [5.41, 5.74) is 15.5. The van der Waals surface area contributed by atoms with Crippen LogP contribution in [0.25, 0.3) is 5.57 Å². The minimum atomic E-state index is -5.19. The van der Waals surface area contributed by atoms with E-state index < -0.39 is 20.2 Å². The van der Waals surface area contributed by atoms with Crippen molar-refractivity contribution in [1.29, 1.82) is 0 Å². The SMILES string of the molecule is Cc1cccc(C)c1C1=c2cc3c(cc2[Si](C)(C)c2cc(N)ccc21)=[N+](C)CC3.O=C([O-])C(F)(F)F. The molecule has 0 aliphatic carbocycles. The number of aliphatic carboxylic acids is 1. The Kier molecular flexibility index (Phi) is 6.37. The molecule has 0 saturated heterocycles. The lowest BCUT2D eigenvalue weighted by molar-refractivity contribution is -0.344. The van der Waals surface area contributed by atoms with Crippen LogP contribution in [0.3, 0.4) is 0 Å². The van der Waals surface area contributed by atoms with Crippen molar-refractivity contribution in [2.24, 2.45) is 0 Å². The molecule has 8 heteroatoms. The van der Waals surface area contributed by atoms with Crippen molar-refractivity contribution in [1.82, 2.24) is 4.58 Å². The number of hydrogen-bond acceptors (Lipinski definition) is 3. The van der Waals surface area contributed by atoms with Gasteiger partial charge in [0.25, 0.3) is 0 Å². The normalized spacial score (nSPS) is 15.4. The molecule has 188 valence electrons. The summed E-state index contributed by atoms with van der Waals surface area (Å²) in [5.74, 6) is -3.01. The molecule has 2 aliphatic rings. The number of likely N-dealkylation sites (N-methyl/N-ethyl adjacent to an activating group) is 1. The predicted octanol–water partition coefficient (Wildman–Crippen LogP) is 1.24. The number of halogens is 3. The molecular formula is C28H29F3N2O2Si. The Morgan fingerprint density at radius 1 is 1.03 bits per heavy atom. The van der Waals surface area contributed by atoms with Crippen molar-refractivity contribution in [2.75, 3.05) is 19.3 Å². The van der Waals surface area contributed by atoms with Gasteiger partial charge in [0.1, 0.15) is 27.6 Å². The van der Waals surface area contributed by atoms with Gasteiger partial charge in [-0.2, -0.15) is 13.2 Å². The molecule has 0 amide bonds. The number of benzene rings is 3. The van der Waals surface area contributed by atoms with Crippen LogP contribution in [0.4, 0.5) is 18.9 Å². The van der Waals surface area contributed by atoms with E-state index in [0.29, 0.717) is 0 Å². The van der Waals surface area contributed by atoms with Gasteiger partial charge in [0, 0.05) is 23.7 Å². The molecule has 0 saturated carbocycles. The molecule has 3 aromatic carbocycles. The first kappa shape index (κ1) is 25.7. The Morgan fingerprint density at radius 3 is 2.22 bits per heavy atom. The van der Waals surface area contributed by atoms with Crippen molar-refractivity contribution in [3.05, 3.63) is 86.9 Å². The van der Waals surface area contributed by atoms with Crippen LogP contribution in [0.15, 0.2) is 48.5 Å². The molecule has 0 aromatic heterocycles. The fraction of sp³-hybridized carbons (Fsp3) is 0.286. The molecular weight excluding hydrogens is 481 g/mol. The van der Waals surface area contributed by atoms with Crippen LogP contribution in [-0.4, -0.2) is 33.8 Å². The lowest BCUT2D eigenvalue weighted by Crippen LogP contribution is -2.63. The van der Waals surface area contributed by atoms with Gasteiger partial charge >= 0.3 is 6.18 Å². The van der Waals surface area contributed by atoms with Crippen LogP contribution in [-0.2, 0) is 11.2 Å². The van der Waals surface area contributed by atoms with Crippen LogP contribution in [0.1, 0.15) is 27.8 Å². The van der Waals surface area contributed by atoms with Gasteiger partial charge in [-0.3, -0.25) is 0 Å². The molecule has 2 heterocycles. The minimum absolute atomic E-state index is 0.868. The Balaban J connectivity index is 0.000000384. The smallest absolute Gasteiger partial charge is 0.430 e. The van der Waals surface area contributed by atoms with Crippen molar-refractivity contribution in [2.45, 2.75) is 39.5 Å². The predicted molar refractivity (Wildman–Crippen MR) is 138 cm³/mol. The number of anilines is 1. The number of rotatable bonds is 1. The van der Waals surface area contributed by atoms with Crippen molar-refractivity contribution in [3.63, 3.8) is 0 Å². The number of nitrogens with two attached hydrogens (primary N) is 1. The van der Waals surface area contributed by atoms with Crippen LogP contribution in [0, 0.1) is 13.8 Å². The van der Waals surface area contributed by atoms with E-state index in [-0.39, 0.29) is 0 Å².